The molecule has 0 aromatic heterocycles. The van der Waals surface area contributed by atoms with E-state index in [4.69, 9.17) is 10.5 Å². The number of morpholine rings is 1. The van der Waals surface area contributed by atoms with Crippen LogP contribution in [0, 0.1) is 0 Å². The minimum atomic E-state index is 0.136. The average Bonchev–Trinajstić information content (AvgIpc) is 2.30. The molecular weight excluding hydrogens is 224 g/mol. The molecule has 1 aliphatic heterocycles. The molecule has 1 aliphatic carbocycles. The molecule has 3 nitrogen and oxygen atoms in total. The second-order valence-electron chi connectivity index (χ2n) is 6.71. The van der Waals surface area contributed by atoms with E-state index in [1.54, 1.807) is 0 Å². The molecule has 18 heavy (non-hydrogen) atoms. The van der Waals surface area contributed by atoms with Crippen LogP contribution in [0.25, 0.3) is 0 Å². The number of hydrogen-bond acceptors (Lipinski definition) is 3. The van der Waals surface area contributed by atoms with E-state index >= 15 is 0 Å². The van der Waals surface area contributed by atoms with Gasteiger partial charge >= 0.3 is 0 Å². The maximum absolute atomic E-state index is 6.23. The van der Waals surface area contributed by atoms with Crippen LogP contribution in [-0.4, -0.2) is 42.3 Å². The fraction of sp³-hybridized carbons (Fsp3) is 1.00. The molecule has 0 amide bonds. The molecule has 2 N–H and O–H groups in total. The smallest absolute Gasteiger partial charge is 0.0645 e. The van der Waals surface area contributed by atoms with Crippen molar-refractivity contribution in [3.63, 3.8) is 0 Å². The molecule has 3 heteroatoms. The van der Waals surface area contributed by atoms with Crippen LogP contribution in [0.15, 0.2) is 0 Å². The third-order valence-corrected chi connectivity index (χ3v) is 4.88. The largest absolute Gasteiger partial charge is 0.378 e. The van der Waals surface area contributed by atoms with Crippen LogP contribution in [0.4, 0.5) is 0 Å². The molecule has 0 aromatic rings. The van der Waals surface area contributed by atoms with Crippen LogP contribution in [0.1, 0.15) is 58.8 Å². The first kappa shape index (κ1) is 14.3. The van der Waals surface area contributed by atoms with Crippen LogP contribution >= 0.6 is 0 Å². The van der Waals surface area contributed by atoms with E-state index in [0.29, 0.717) is 0 Å². The molecule has 0 atom stereocenters. The van der Waals surface area contributed by atoms with Crippen LogP contribution < -0.4 is 5.73 Å². The molecule has 2 fully saturated rings. The van der Waals surface area contributed by atoms with Gasteiger partial charge in [-0.05, 0) is 26.7 Å². The molecular formula is C15H30N2O. The normalized spacial score (nSPS) is 29.5. The fourth-order valence-electron chi connectivity index (χ4n) is 3.89. The predicted octanol–water partition coefficient (Wildman–Crippen LogP) is 2.54. The van der Waals surface area contributed by atoms with Gasteiger partial charge in [-0.2, -0.15) is 0 Å². The second kappa shape index (κ2) is 5.89. The molecule has 0 spiro atoms. The lowest BCUT2D eigenvalue weighted by Gasteiger charge is -2.54. The van der Waals surface area contributed by atoms with Crippen LogP contribution in [0.2, 0.25) is 0 Å². The second-order valence-corrected chi connectivity index (χ2v) is 6.71. The highest BCUT2D eigenvalue weighted by molar-refractivity contribution is 5.00. The quantitative estimate of drug-likeness (QED) is 0.823. The third kappa shape index (κ3) is 2.89. The Balaban J connectivity index is 2.17. The zero-order valence-corrected chi connectivity index (χ0v) is 12.2. The number of ether oxygens (including phenoxy) is 1. The van der Waals surface area contributed by atoms with E-state index in [-0.39, 0.29) is 11.1 Å². The summed E-state index contributed by atoms with van der Waals surface area (Å²) in [5.41, 5.74) is 6.59. The van der Waals surface area contributed by atoms with Gasteiger partial charge < -0.3 is 10.5 Å². The molecule has 1 saturated heterocycles. The van der Waals surface area contributed by atoms with Gasteiger partial charge in [0.15, 0.2) is 0 Å². The van der Waals surface area contributed by atoms with Crippen molar-refractivity contribution in [2.45, 2.75) is 69.9 Å². The van der Waals surface area contributed by atoms with Crippen LogP contribution in [0.5, 0.6) is 0 Å². The Morgan fingerprint density at radius 1 is 1.06 bits per heavy atom. The number of nitrogens with zero attached hydrogens (tertiary/aromatic N) is 1. The summed E-state index contributed by atoms with van der Waals surface area (Å²) >= 11 is 0. The van der Waals surface area contributed by atoms with Crippen molar-refractivity contribution in [1.82, 2.24) is 4.90 Å². The molecule has 2 rings (SSSR count). The van der Waals surface area contributed by atoms with Gasteiger partial charge in [0.1, 0.15) is 0 Å². The summed E-state index contributed by atoms with van der Waals surface area (Å²) in [6, 6.07) is 0. The van der Waals surface area contributed by atoms with Gasteiger partial charge in [0.05, 0.1) is 13.2 Å². The van der Waals surface area contributed by atoms with Crippen molar-refractivity contribution >= 4 is 0 Å². The monoisotopic (exact) mass is 254 g/mol. The summed E-state index contributed by atoms with van der Waals surface area (Å²) in [5.74, 6) is 0. The van der Waals surface area contributed by atoms with Crippen molar-refractivity contribution in [1.29, 1.82) is 0 Å². The standard InChI is InChI=1S/C15H30N2O/c1-14(2)13-18-11-10-17(14)15(12-16)8-6-4-3-5-7-9-15/h3-13,16H2,1-2H3. The van der Waals surface area contributed by atoms with E-state index in [2.05, 4.69) is 18.7 Å². The Bertz CT molecular complexity index is 257. The average molecular weight is 254 g/mol. The first-order chi connectivity index (χ1) is 8.61. The van der Waals surface area contributed by atoms with E-state index in [9.17, 15) is 0 Å². The van der Waals surface area contributed by atoms with Gasteiger partial charge in [0, 0.05) is 24.2 Å². The van der Waals surface area contributed by atoms with E-state index in [1.807, 2.05) is 0 Å². The van der Waals surface area contributed by atoms with E-state index in [1.165, 1.54) is 44.9 Å². The number of hydrogen-bond donors (Lipinski definition) is 1. The summed E-state index contributed by atoms with van der Waals surface area (Å²) in [5, 5.41) is 0. The van der Waals surface area contributed by atoms with Crippen LogP contribution in [-0.2, 0) is 4.74 Å². The van der Waals surface area contributed by atoms with Crippen molar-refractivity contribution in [2.24, 2.45) is 5.73 Å². The lowest BCUT2D eigenvalue weighted by molar-refractivity contribution is -0.110. The summed E-state index contributed by atoms with van der Waals surface area (Å²) in [4.78, 5) is 2.68. The van der Waals surface area contributed by atoms with Crippen LogP contribution in [0.3, 0.4) is 0 Å². The fourth-order valence-corrected chi connectivity index (χ4v) is 3.89. The Hall–Kier alpha value is -0.120. The topological polar surface area (TPSA) is 38.5 Å². The minimum Gasteiger partial charge on any atom is -0.378 e. The maximum Gasteiger partial charge on any atom is 0.0645 e. The Morgan fingerprint density at radius 3 is 2.22 bits per heavy atom. The molecule has 0 bridgehead atoms. The first-order valence-corrected chi connectivity index (χ1v) is 7.66. The summed E-state index contributed by atoms with van der Waals surface area (Å²) in [6.07, 6.45) is 9.39. The van der Waals surface area contributed by atoms with Gasteiger partial charge in [-0.1, -0.05) is 32.1 Å². The first-order valence-electron chi connectivity index (χ1n) is 7.66. The van der Waals surface area contributed by atoms with Crippen molar-refractivity contribution in [3.05, 3.63) is 0 Å². The molecule has 1 saturated carbocycles. The molecule has 1 heterocycles. The lowest BCUT2D eigenvalue weighted by Crippen LogP contribution is -2.66. The molecule has 106 valence electrons. The zero-order chi connectivity index (χ0) is 13.1. The molecule has 2 aliphatic rings. The zero-order valence-electron chi connectivity index (χ0n) is 12.2. The number of nitrogens with two attached hydrogens (primary N) is 1. The molecule has 0 aromatic carbocycles. The van der Waals surface area contributed by atoms with Gasteiger partial charge in [-0.15, -0.1) is 0 Å². The Labute approximate surface area is 112 Å². The summed E-state index contributed by atoms with van der Waals surface area (Å²) in [7, 11) is 0. The Morgan fingerprint density at radius 2 is 1.67 bits per heavy atom. The highest BCUT2D eigenvalue weighted by Gasteiger charge is 2.44. The third-order valence-electron chi connectivity index (χ3n) is 4.88. The molecule has 0 radical (unpaired) electrons. The lowest BCUT2D eigenvalue weighted by atomic mass is 9.79. The Kier molecular flexibility index (Phi) is 4.68. The van der Waals surface area contributed by atoms with Gasteiger partial charge in [-0.25, -0.2) is 0 Å². The predicted molar refractivity (Wildman–Crippen MR) is 75.7 cm³/mol. The molecule has 0 unspecified atom stereocenters. The highest BCUT2D eigenvalue weighted by atomic mass is 16.5. The summed E-state index contributed by atoms with van der Waals surface area (Å²) in [6.45, 7) is 8.17. The van der Waals surface area contributed by atoms with E-state index < -0.39 is 0 Å². The van der Waals surface area contributed by atoms with Gasteiger partial charge in [0.2, 0.25) is 0 Å². The van der Waals surface area contributed by atoms with Gasteiger partial charge in [-0.3, -0.25) is 4.90 Å². The van der Waals surface area contributed by atoms with Crippen molar-refractivity contribution < 1.29 is 4.74 Å². The highest BCUT2D eigenvalue weighted by Crippen LogP contribution is 2.37. The number of rotatable bonds is 2. The van der Waals surface area contributed by atoms with Crippen molar-refractivity contribution in [3.8, 4) is 0 Å². The minimum absolute atomic E-state index is 0.136. The summed E-state index contributed by atoms with van der Waals surface area (Å²) < 4.78 is 5.67. The van der Waals surface area contributed by atoms with E-state index in [0.717, 1.165) is 26.3 Å². The maximum atomic E-state index is 6.23. The van der Waals surface area contributed by atoms with Gasteiger partial charge in [0.25, 0.3) is 0 Å². The SMILES string of the molecule is CC1(C)COCCN1C1(CN)CCCCCCC1. The van der Waals surface area contributed by atoms with Crippen molar-refractivity contribution in [2.75, 3.05) is 26.3 Å².